The summed E-state index contributed by atoms with van der Waals surface area (Å²) >= 11 is 0. The van der Waals surface area contributed by atoms with Gasteiger partial charge in [-0.2, -0.15) is 0 Å². The van der Waals surface area contributed by atoms with Gasteiger partial charge in [0.25, 0.3) is 5.91 Å². The summed E-state index contributed by atoms with van der Waals surface area (Å²) in [4.78, 5) is 16.5. The van der Waals surface area contributed by atoms with E-state index >= 15 is 0 Å². The molecule has 1 aromatic rings. The first-order valence-corrected chi connectivity index (χ1v) is 6.76. The lowest BCUT2D eigenvalue weighted by Crippen LogP contribution is -2.35. The number of hydrogen-bond acceptors (Lipinski definition) is 4. The van der Waals surface area contributed by atoms with E-state index in [1.165, 1.54) is 12.8 Å². The summed E-state index contributed by atoms with van der Waals surface area (Å²) in [5.41, 5.74) is 3.86. The van der Waals surface area contributed by atoms with Gasteiger partial charge in [-0.3, -0.25) is 10.6 Å². The molecule has 0 spiro atoms. The second-order valence-corrected chi connectivity index (χ2v) is 4.97. The maximum Gasteiger partial charge on any atom is 0.255 e. The Bertz CT molecular complexity index is 429. The fourth-order valence-corrected chi connectivity index (χ4v) is 2.40. The van der Waals surface area contributed by atoms with Crippen LogP contribution in [0.3, 0.4) is 0 Å². The van der Waals surface area contributed by atoms with Gasteiger partial charge in [-0.05, 0) is 38.1 Å². The van der Waals surface area contributed by atoms with Crippen LogP contribution in [-0.2, 0) is 0 Å². The molecular weight excluding hydrogens is 240 g/mol. The van der Waals surface area contributed by atoms with Crippen molar-refractivity contribution in [3.8, 4) is 0 Å². The number of likely N-dealkylation sites (tertiary alicyclic amines) is 1. The summed E-state index contributed by atoms with van der Waals surface area (Å²) in [6.07, 6.45) is 2.55. The number of nitrogen functional groups attached to an aromatic ring is 1. The minimum absolute atomic E-state index is 0.00717. The largest absolute Gasteiger partial charge is 0.340 e. The summed E-state index contributed by atoms with van der Waals surface area (Å²) < 4.78 is 0. The van der Waals surface area contributed by atoms with E-state index < -0.39 is 0 Å². The Kier molecular flexibility index (Phi) is 4.76. The lowest BCUT2D eigenvalue weighted by atomic mass is 10.1. The maximum atomic E-state index is 12.3. The quantitative estimate of drug-likeness (QED) is 0.617. The van der Waals surface area contributed by atoms with Crippen LogP contribution in [0.25, 0.3) is 0 Å². The molecule has 0 atom stereocenters. The first kappa shape index (κ1) is 13.8. The minimum atomic E-state index is 0.00717. The summed E-state index contributed by atoms with van der Waals surface area (Å²) in [7, 11) is 1.84. The molecule has 2 rings (SSSR count). The molecule has 104 valence electrons. The molecule has 0 aromatic heterocycles. The molecule has 0 bridgehead atoms. The third-order valence-electron chi connectivity index (χ3n) is 3.61. The molecule has 1 aliphatic heterocycles. The molecular formula is C14H22N4O. The Morgan fingerprint density at radius 3 is 2.74 bits per heavy atom. The van der Waals surface area contributed by atoms with Gasteiger partial charge in [0.15, 0.2) is 0 Å². The highest BCUT2D eigenvalue weighted by molar-refractivity contribution is 5.99. The van der Waals surface area contributed by atoms with E-state index in [0.29, 0.717) is 11.3 Å². The number of hydrogen-bond donors (Lipinski definition) is 2. The van der Waals surface area contributed by atoms with Crippen molar-refractivity contribution in [2.24, 2.45) is 5.84 Å². The van der Waals surface area contributed by atoms with Crippen molar-refractivity contribution < 1.29 is 4.79 Å². The molecule has 1 saturated heterocycles. The highest BCUT2D eigenvalue weighted by Gasteiger charge is 2.17. The Morgan fingerprint density at radius 2 is 2.05 bits per heavy atom. The summed E-state index contributed by atoms with van der Waals surface area (Å²) in [5, 5.41) is 0. The van der Waals surface area contributed by atoms with Crippen LogP contribution in [0.2, 0.25) is 0 Å². The Labute approximate surface area is 114 Å². The molecule has 1 fully saturated rings. The minimum Gasteiger partial charge on any atom is -0.340 e. The summed E-state index contributed by atoms with van der Waals surface area (Å²) in [6, 6.07) is 7.31. The van der Waals surface area contributed by atoms with Crippen LogP contribution in [-0.4, -0.2) is 48.9 Å². The number of nitrogens with one attached hydrogen (secondary N) is 1. The van der Waals surface area contributed by atoms with Crippen LogP contribution in [0.15, 0.2) is 24.3 Å². The van der Waals surface area contributed by atoms with E-state index in [0.717, 1.165) is 26.2 Å². The number of nitrogens with two attached hydrogens (primary N) is 1. The van der Waals surface area contributed by atoms with Crippen LogP contribution in [0.1, 0.15) is 23.2 Å². The molecule has 5 heteroatoms. The SMILES string of the molecule is CN(CCN1CCCC1)C(=O)c1ccccc1NN. The molecule has 0 radical (unpaired) electrons. The van der Waals surface area contributed by atoms with Crippen molar-refractivity contribution in [1.29, 1.82) is 0 Å². The summed E-state index contributed by atoms with van der Waals surface area (Å²) in [5.74, 6) is 5.44. The number of benzene rings is 1. The second-order valence-electron chi connectivity index (χ2n) is 4.97. The number of para-hydroxylation sites is 1. The van der Waals surface area contributed by atoms with Gasteiger partial charge in [0.2, 0.25) is 0 Å². The average molecular weight is 262 g/mol. The molecule has 1 amide bonds. The fraction of sp³-hybridized carbons (Fsp3) is 0.500. The number of likely N-dealkylation sites (N-methyl/N-ethyl adjacent to an activating group) is 1. The van der Waals surface area contributed by atoms with Crippen LogP contribution < -0.4 is 11.3 Å². The number of anilines is 1. The van der Waals surface area contributed by atoms with E-state index in [2.05, 4.69) is 10.3 Å². The van der Waals surface area contributed by atoms with E-state index in [9.17, 15) is 4.79 Å². The third kappa shape index (κ3) is 3.45. The Hall–Kier alpha value is -1.59. The monoisotopic (exact) mass is 262 g/mol. The van der Waals surface area contributed by atoms with Crippen molar-refractivity contribution in [2.75, 3.05) is 38.7 Å². The first-order chi connectivity index (χ1) is 9.22. The van der Waals surface area contributed by atoms with Gasteiger partial charge in [0.1, 0.15) is 0 Å². The molecule has 0 saturated carbocycles. The number of carbonyl (C=O) groups is 1. The Balaban J connectivity index is 1.94. The maximum absolute atomic E-state index is 12.3. The van der Waals surface area contributed by atoms with Crippen LogP contribution in [0, 0.1) is 0 Å². The van der Waals surface area contributed by atoms with Crippen LogP contribution >= 0.6 is 0 Å². The van der Waals surface area contributed by atoms with Crippen molar-refractivity contribution in [3.05, 3.63) is 29.8 Å². The van der Waals surface area contributed by atoms with Gasteiger partial charge in [0.05, 0.1) is 11.3 Å². The van der Waals surface area contributed by atoms with E-state index in [1.807, 2.05) is 25.2 Å². The van der Waals surface area contributed by atoms with Gasteiger partial charge in [-0.15, -0.1) is 0 Å². The van der Waals surface area contributed by atoms with Gasteiger partial charge >= 0.3 is 0 Å². The number of amides is 1. The highest BCUT2D eigenvalue weighted by atomic mass is 16.2. The normalized spacial score (nSPS) is 15.5. The number of hydrazine groups is 1. The molecule has 0 aliphatic carbocycles. The standard InChI is InChI=1S/C14H22N4O/c1-17(10-11-18-8-4-5-9-18)14(19)12-6-2-3-7-13(12)16-15/h2-3,6-7,16H,4-5,8-11,15H2,1H3. The van der Waals surface area contributed by atoms with E-state index in [1.54, 1.807) is 11.0 Å². The van der Waals surface area contributed by atoms with E-state index in [-0.39, 0.29) is 5.91 Å². The molecule has 1 heterocycles. The first-order valence-electron chi connectivity index (χ1n) is 6.76. The zero-order chi connectivity index (χ0) is 13.7. The Morgan fingerprint density at radius 1 is 1.37 bits per heavy atom. The van der Waals surface area contributed by atoms with Gasteiger partial charge in [-0.1, -0.05) is 12.1 Å². The van der Waals surface area contributed by atoms with Crippen molar-refractivity contribution in [1.82, 2.24) is 9.80 Å². The zero-order valence-electron chi connectivity index (χ0n) is 11.4. The van der Waals surface area contributed by atoms with Crippen molar-refractivity contribution in [3.63, 3.8) is 0 Å². The molecule has 1 aromatic carbocycles. The number of nitrogens with zero attached hydrogens (tertiary/aromatic N) is 2. The van der Waals surface area contributed by atoms with Crippen molar-refractivity contribution in [2.45, 2.75) is 12.8 Å². The number of carbonyl (C=O) groups excluding carboxylic acids is 1. The smallest absolute Gasteiger partial charge is 0.255 e. The lowest BCUT2D eigenvalue weighted by Gasteiger charge is -2.22. The predicted octanol–water partition coefficient (Wildman–Crippen LogP) is 1.14. The molecule has 1 aliphatic rings. The van der Waals surface area contributed by atoms with Crippen molar-refractivity contribution >= 4 is 11.6 Å². The topological polar surface area (TPSA) is 61.6 Å². The molecule has 5 nitrogen and oxygen atoms in total. The molecule has 19 heavy (non-hydrogen) atoms. The second kappa shape index (κ2) is 6.54. The van der Waals surface area contributed by atoms with E-state index in [4.69, 9.17) is 5.84 Å². The third-order valence-corrected chi connectivity index (χ3v) is 3.61. The van der Waals surface area contributed by atoms with Crippen LogP contribution in [0.4, 0.5) is 5.69 Å². The molecule has 3 N–H and O–H groups in total. The average Bonchev–Trinajstić information content (AvgIpc) is 2.97. The van der Waals surface area contributed by atoms with Gasteiger partial charge in [-0.25, -0.2) is 0 Å². The highest BCUT2D eigenvalue weighted by Crippen LogP contribution is 2.15. The predicted molar refractivity (Wildman–Crippen MR) is 76.9 cm³/mol. The fourth-order valence-electron chi connectivity index (χ4n) is 2.40. The molecule has 0 unspecified atom stereocenters. The van der Waals surface area contributed by atoms with Crippen LogP contribution in [0.5, 0.6) is 0 Å². The zero-order valence-corrected chi connectivity index (χ0v) is 11.4. The summed E-state index contributed by atoms with van der Waals surface area (Å²) in [6.45, 7) is 4.00. The van der Waals surface area contributed by atoms with Gasteiger partial charge < -0.3 is 15.2 Å². The van der Waals surface area contributed by atoms with Gasteiger partial charge in [0, 0.05) is 20.1 Å². The number of rotatable bonds is 5. The lowest BCUT2D eigenvalue weighted by molar-refractivity contribution is 0.0783.